The second-order valence-electron chi connectivity index (χ2n) is 5.41. The highest BCUT2D eigenvalue weighted by Gasteiger charge is 2.24. The zero-order valence-electron chi connectivity index (χ0n) is 12.5. The fraction of sp³-hybridized carbons (Fsp3) is 0.294. The zero-order valence-corrected chi connectivity index (χ0v) is 14.1. The maximum atomic E-state index is 12.6. The molecule has 0 bridgehead atoms. The molecule has 1 aromatic carbocycles. The van der Waals surface area contributed by atoms with Crippen molar-refractivity contribution in [2.45, 2.75) is 11.7 Å². The van der Waals surface area contributed by atoms with Gasteiger partial charge in [0.25, 0.3) is 5.91 Å². The summed E-state index contributed by atoms with van der Waals surface area (Å²) in [7, 11) is 0. The highest BCUT2D eigenvalue weighted by molar-refractivity contribution is 7.99. The standard InChI is InChI=1S/C17H17ClN2O2S/c18-15-6-2-1-5-14(15)16-7-9-19(10-11-23-16)17(21)13-4-3-8-20(22)12-13/h1-6,8,12,16H,7,9-11H2. The van der Waals surface area contributed by atoms with Crippen molar-refractivity contribution in [1.82, 2.24) is 4.90 Å². The third-order valence-electron chi connectivity index (χ3n) is 3.90. The van der Waals surface area contributed by atoms with Crippen molar-refractivity contribution in [1.29, 1.82) is 0 Å². The number of benzene rings is 1. The van der Waals surface area contributed by atoms with Gasteiger partial charge in [0.2, 0.25) is 0 Å². The fourth-order valence-corrected chi connectivity index (χ4v) is 4.32. The molecule has 1 fully saturated rings. The molecule has 1 atom stereocenters. The second kappa shape index (κ2) is 7.23. The summed E-state index contributed by atoms with van der Waals surface area (Å²) in [5.74, 6) is 0.766. The number of carbonyl (C=O) groups excluding carboxylic acids is 1. The highest BCUT2D eigenvalue weighted by Crippen LogP contribution is 2.37. The van der Waals surface area contributed by atoms with Gasteiger partial charge in [0.1, 0.15) is 5.56 Å². The Labute approximate surface area is 144 Å². The Hall–Kier alpha value is -1.72. The summed E-state index contributed by atoms with van der Waals surface area (Å²) < 4.78 is 0.659. The molecule has 1 amide bonds. The summed E-state index contributed by atoms with van der Waals surface area (Å²) in [6.45, 7) is 1.34. The predicted molar refractivity (Wildman–Crippen MR) is 92.6 cm³/mol. The molecule has 1 aromatic heterocycles. The first kappa shape index (κ1) is 16.1. The molecule has 120 valence electrons. The molecule has 1 unspecified atom stereocenters. The molecule has 0 aliphatic carbocycles. The van der Waals surface area contributed by atoms with Crippen LogP contribution in [0.5, 0.6) is 0 Å². The molecule has 4 nitrogen and oxygen atoms in total. The fourth-order valence-electron chi connectivity index (χ4n) is 2.72. The van der Waals surface area contributed by atoms with Gasteiger partial charge < -0.3 is 10.1 Å². The first-order valence-electron chi connectivity index (χ1n) is 7.49. The topological polar surface area (TPSA) is 47.2 Å². The van der Waals surface area contributed by atoms with Gasteiger partial charge in [-0.25, -0.2) is 0 Å². The molecule has 2 aromatic rings. The maximum Gasteiger partial charge on any atom is 0.259 e. The second-order valence-corrected chi connectivity index (χ2v) is 7.13. The molecule has 3 rings (SSSR count). The van der Waals surface area contributed by atoms with Crippen molar-refractivity contribution in [3.63, 3.8) is 0 Å². The van der Waals surface area contributed by atoms with Crippen LogP contribution >= 0.6 is 23.4 Å². The first-order valence-corrected chi connectivity index (χ1v) is 8.92. The van der Waals surface area contributed by atoms with Crippen molar-refractivity contribution in [2.75, 3.05) is 18.8 Å². The monoisotopic (exact) mass is 348 g/mol. The van der Waals surface area contributed by atoms with Crippen molar-refractivity contribution < 1.29 is 9.52 Å². The number of hydrogen-bond donors (Lipinski definition) is 0. The van der Waals surface area contributed by atoms with E-state index in [2.05, 4.69) is 6.07 Å². The number of nitrogens with zero attached hydrogens (tertiary/aromatic N) is 2. The van der Waals surface area contributed by atoms with Crippen molar-refractivity contribution in [2.24, 2.45) is 0 Å². The van der Waals surface area contributed by atoms with E-state index in [0.717, 1.165) is 22.8 Å². The summed E-state index contributed by atoms with van der Waals surface area (Å²) >= 11 is 8.12. The number of hydrogen-bond acceptors (Lipinski definition) is 3. The minimum atomic E-state index is -0.0874. The van der Waals surface area contributed by atoms with Gasteiger partial charge in [0, 0.05) is 35.2 Å². The molecule has 0 saturated carbocycles. The first-order chi connectivity index (χ1) is 11.1. The van der Waals surface area contributed by atoms with E-state index in [1.54, 1.807) is 12.1 Å². The van der Waals surface area contributed by atoms with Crippen LogP contribution in [-0.4, -0.2) is 29.6 Å². The molecular formula is C17H17ClN2O2S. The highest BCUT2D eigenvalue weighted by atomic mass is 35.5. The van der Waals surface area contributed by atoms with Crippen LogP contribution < -0.4 is 4.73 Å². The summed E-state index contributed by atoms with van der Waals surface area (Å²) in [5, 5.41) is 12.4. The van der Waals surface area contributed by atoms with E-state index in [4.69, 9.17) is 11.6 Å². The molecule has 1 aliphatic heterocycles. The van der Waals surface area contributed by atoms with Crippen LogP contribution in [0.15, 0.2) is 48.8 Å². The Morgan fingerprint density at radius 1 is 1.26 bits per heavy atom. The molecule has 1 saturated heterocycles. The number of aromatic nitrogens is 1. The molecule has 0 radical (unpaired) electrons. The number of halogens is 1. The van der Waals surface area contributed by atoms with Gasteiger partial charge >= 0.3 is 0 Å². The zero-order chi connectivity index (χ0) is 16.2. The van der Waals surface area contributed by atoms with Crippen LogP contribution in [0, 0.1) is 5.21 Å². The molecule has 0 N–H and O–H groups in total. The van der Waals surface area contributed by atoms with E-state index >= 15 is 0 Å². The average Bonchev–Trinajstić information content (AvgIpc) is 2.80. The SMILES string of the molecule is O=C(c1ccc[n+]([O-])c1)N1CCSC(c2ccccc2Cl)CC1. The normalized spacial score (nSPS) is 18.5. The van der Waals surface area contributed by atoms with Crippen LogP contribution in [0.25, 0.3) is 0 Å². The number of rotatable bonds is 2. The maximum absolute atomic E-state index is 12.6. The lowest BCUT2D eigenvalue weighted by atomic mass is 10.1. The van der Waals surface area contributed by atoms with Gasteiger partial charge in [-0.2, -0.15) is 16.5 Å². The summed E-state index contributed by atoms with van der Waals surface area (Å²) in [6, 6.07) is 11.2. The average molecular weight is 349 g/mol. The molecule has 2 heterocycles. The largest absolute Gasteiger partial charge is 0.619 e. The predicted octanol–water partition coefficient (Wildman–Crippen LogP) is 3.29. The molecule has 1 aliphatic rings. The van der Waals surface area contributed by atoms with Gasteiger partial charge in [0.05, 0.1) is 0 Å². The Balaban J connectivity index is 1.71. The van der Waals surface area contributed by atoms with Crippen LogP contribution in [-0.2, 0) is 0 Å². The molecule has 0 spiro atoms. The van der Waals surface area contributed by atoms with Crippen LogP contribution in [0.2, 0.25) is 5.02 Å². The van der Waals surface area contributed by atoms with Crippen molar-refractivity contribution >= 4 is 29.3 Å². The minimum absolute atomic E-state index is 0.0874. The lowest BCUT2D eigenvalue weighted by Gasteiger charge is -2.20. The van der Waals surface area contributed by atoms with Gasteiger partial charge in [-0.1, -0.05) is 29.8 Å². The molecule has 6 heteroatoms. The van der Waals surface area contributed by atoms with Crippen LogP contribution in [0.1, 0.15) is 27.6 Å². The third-order valence-corrected chi connectivity index (χ3v) is 5.56. The quantitative estimate of drug-likeness (QED) is 0.618. The van der Waals surface area contributed by atoms with Gasteiger partial charge in [-0.15, -0.1) is 0 Å². The Kier molecular flexibility index (Phi) is 5.08. The summed E-state index contributed by atoms with van der Waals surface area (Å²) in [4.78, 5) is 14.4. The van der Waals surface area contributed by atoms with Crippen LogP contribution in [0.4, 0.5) is 0 Å². The van der Waals surface area contributed by atoms with Gasteiger partial charge in [0.15, 0.2) is 12.4 Å². The van der Waals surface area contributed by atoms with Crippen LogP contribution in [0.3, 0.4) is 0 Å². The lowest BCUT2D eigenvalue weighted by molar-refractivity contribution is -0.605. The minimum Gasteiger partial charge on any atom is -0.619 e. The Morgan fingerprint density at radius 2 is 2.09 bits per heavy atom. The van der Waals surface area contributed by atoms with E-state index in [1.165, 1.54) is 12.4 Å². The number of pyridine rings is 1. The molecular weight excluding hydrogens is 332 g/mol. The Morgan fingerprint density at radius 3 is 2.87 bits per heavy atom. The number of amides is 1. The smallest absolute Gasteiger partial charge is 0.259 e. The lowest BCUT2D eigenvalue weighted by Crippen LogP contribution is -2.35. The Bertz CT molecular complexity index is 710. The number of carbonyl (C=O) groups is 1. The molecule has 23 heavy (non-hydrogen) atoms. The third kappa shape index (κ3) is 3.79. The van der Waals surface area contributed by atoms with E-state index in [-0.39, 0.29) is 5.91 Å². The van der Waals surface area contributed by atoms with Gasteiger partial charge in [-0.05, 0) is 24.1 Å². The van der Waals surface area contributed by atoms with E-state index in [0.29, 0.717) is 28.6 Å². The van der Waals surface area contributed by atoms with E-state index < -0.39 is 0 Å². The van der Waals surface area contributed by atoms with Crippen molar-refractivity contribution in [3.05, 3.63) is 70.1 Å². The van der Waals surface area contributed by atoms with E-state index in [1.807, 2.05) is 34.9 Å². The van der Waals surface area contributed by atoms with E-state index in [9.17, 15) is 10.0 Å². The number of thioether (sulfide) groups is 1. The van der Waals surface area contributed by atoms with Gasteiger partial charge in [-0.3, -0.25) is 4.79 Å². The van der Waals surface area contributed by atoms with Crippen molar-refractivity contribution in [3.8, 4) is 0 Å². The summed E-state index contributed by atoms with van der Waals surface area (Å²) in [5.41, 5.74) is 1.56. The summed E-state index contributed by atoms with van der Waals surface area (Å²) in [6.07, 6.45) is 3.55.